The third-order valence-corrected chi connectivity index (χ3v) is 9.67. The summed E-state index contributed by atoms with van der Waals surface area (Å²) in [7, 11) is 0. The smallest absolute Gasteiger partial charge is 0.262 e. The third kappa shape index (κ3) is 6.37. The summed E-state index contributed by atoms with van der Waals surface area (Å²) in [5.41, 5.74) is 11.7. The number of aromatic nitrogens is 2. The molecule has 2 aromatic carbocycles. The van der Waals surface area contributed by atoms with Crippen LogP contribution in [0.15, 0.2) is 53.8 Å². The number of nitrogens with one attached hydrogen (secondary N) is 3. The number of carbonyl (C=O) groups excluding carboxylic acids is 4. The molecule has 0 radical (unpaired) electrons. The second kappa shape index (κ2) is 13.0. The first kappa shape index (κ1) is 30.7. The Morgan fingerprint density at radius 2 is 1.85 bits per heavy atom. The summed E-state index contributed by atoms with van der Waals surface area (Å²) in [5, 5.41) is 8.90. The van der Waals surface area contributed by atoms with E-state index in [1.54, 1.807) is 30.6 Å². The Balaban J connectivity index is 0.865. The van der Waals surface area contributed by atoms with Crippen LogP contribution in [0.3, 0.4) is 0 Å². The van der Waals surface area contributed by atoms with Crippen LogP contribution in [0, 0.1) is 11.8 Å². The average Bonchev–Trinajstić information content (AvgIpc) is 3.27. The molecule has 1 saturated carbocycles. The van der Waals surface area contributed by atoms with E-state index < -0.39 is 29.7 Å². The van der Waals surface area contributed by atoms with Gasteiger partial charge >= 0.3 is 0 Å². The number of aliphatic imine (C=N–C) groups is 1. The summed E-state index contributed by atoms with van der Waals surface area (Å²) in [6, 6.07) is 10.7. The molecule has 0 spiro atoms. The summed E-state index contributed by atoms with van der Waals surface area (Å²) in [4.78, 5) is 65.0. The Bertz CT molecular complexity index is 1810. The molecule has 12 nitrogen and oxygen atoms in total. The van der Waals surface area contributed by atoms with E-state index in [0.29, 0.717) is 11.8 Å². The summed E-state index contributed by atoms with van der Waals surface area (Å²) in [6.45, 7) is 2.86. The van der Waals surface area contributed by atoms with Crippen LogP contribution in [0.5, 0.6) is 0 Å². The molecule has 4 aliphatic rings. The minimum atomic E-state index is -0.967. The quantitative estimate of drug-likeness (QED) is 0.141. The standard InChI is InChI=1S/C35H38N8O4/c36-15-23(30-19-40-28-6-3-21(13-29(28)41-30)10-22-16-37-17-22)18-39-25-11-20(12-25)2-1-9-38-24-4-5-26-27(14-24)35(47)43(34(26)46)31-7-8-32(44)42-33(31)45/h3-6,13-15,18-20,22,25,31,37-38H,1-2,7-12,16-17,36H2,(H,42,44,45). The minimum Gasteiger partial charge on any atom is -0.404 e. The van der Waals surface area contributed by atoms with Crippen molar-refractivity contribution in [3.8, 4) is 0 Å². The van der Waals surface area contributed by atoms with Crippen LogP contribution in [0.25, 0.3) is 16.6 Å². The minimum absolute atomic E-state index is 0.0938. The van der Waals surface area contributed by atoms with Crippen molar-refractivity contribution in [3.05, 3.63) is 71.2 Å². The molecule has 3 aromatic rings. The van der Waals surface area contributed by atoms with Crippen LogP contribution >= 0.6 is 0 Å². The number of fused-ring (bicyclic) bond motifs is 2. The second-order valence-corrected chi connectivity index (χ2v) is 13.0. The molecule has 7 rings (SSSR count). The van der Waals surface area contributed by atoms with Crippen molar-refractivity contribution in [1.82, 2.24) is 25.5 Å². The Morgan fingerprint density at radius 3 is 2.62 bits per heavy atom. The number of allylic oxidation sites excluding steroid dienone is 1. The van der Waals surface area contributed by atoms with E-state index >= 15 is 0 Å². The van der Waals surface area contributed by atoms with Gasteiger partial charge in [0.2, 0.25) is 11.8 Å². The number of hydrogen-bond donors (Lipinski definition) is 4. The topological polar surface area (TPSA) is 172 Å². The van der Waals surface area contributed by atoms with Gasteiger partial charge in [0.15, 0.2) is 0 Å². The van der Waals surface area contributed by atoms with E-state index in [1.165, 1.54) is 5.56 Å². The van der Waals surface area contributed by atoms with Crippen LogP contribution in [0.4, 0.5) is 5.69 Å². The number of imide groups is 2. The third-order valence-electron chi connectivity index (χ3n) is 9.67. The number of hydrogen-bond acceptors (Lipinski definition) is 10. The van der Waals surface area contributed by atoms with Gasteiger partial charge < -0.3 is 16.4 Å². The molecule has 1 aliphatic carbocycles. The summed E-state index contributed by atoms with van der Waals surface area (Å²) in [5.74, 6) is -0.732. The van der Waals surface area contributed by atoms with E-state index in [2.05, 4.69) is 33.1 Å². The van der Waals surface area contributed by atoms with Gasteiger partial charge in [-0.25, -0.2) is 4.98 Å². The first-order valence-corrected chi connectivity index (χ1v) is 16.4. The van der Waals surface area contributed by atoms with Crippen molar-refractivity contribution in [2.45, 2.75) is 57.0 Å². The lowest BCUT2D eigenvalue weighted by molar-refractivity contribution is -0.136. The zero-order valence-corrected chi connectivity index (χ0v) is 26.1. The number of anilines is 1. The largest absolute Gasteiger partial charge is 0.404 e. The van der Waals surface area contributed by atoms with Gasteiger partial charge in [-0.1, -0.05) is 6.07 Å². The lowest BCUT2D eigenvalue weighted by Crippen LogP contribution is -2.54. The average molecular weight is 635 g/mol. The lowest BCUT2D eigenvalue weighted by atomic mass is 9.78. The SMILES string of the molecule is NC=C(C=NC1CC(CCCNc2ccc3c(c2)C(=O)N(C2CCC(=O)NC2=O)C3=O)C1)c1cnc2ccc(CC3CNC3)cc2n1. The first-order chi connectivity index (χ1) is 22.9. The van der Waals surface area contributed by atoms with E-state index in [4.69, 9.17) is 15.7 Å². The summed E-state index contributed by atoms with van der Waals surface area (Å²) >= 11 is 0. The van der Waals surface area contributed by atoms with Crippen LogP contribution in [0.1, 0.15) is 70.5 Å². The van der Waals surface area contributed by atoms with E-state index in [0.717, 1.165) is 84.6 Å². The van der Waals surface area contributed by atoms with E-state index in [1.807, 2.05) is 12.3 Å². The molecule has 1 aromatic heterocycles. The molecule has 4 amide bonds. The summed E-state index contributed by atoms with van der Waals surface area (Å²) in [6.07, 6.45) is 10.4. The first-order valence-electron chi connectivity index (χ1n) is 16.4. The Morgan fingerprint density at radius 1 is 1.02 bits per heavy atom. The number of rotatable bonds is 11. The number of piperidine rings is 1. The van der Waals surface area contributed by atoms with Crippen molar-refractivity contribution >= 4 is 52.1 Å². The normalized spacial score (nSPS) is 23.2. The molecule has 242 valence electrons. The molecule has 12 heteroatoms. The maximum Gasteiger partial charge on any atom is 0.262 e. The molecule has 5 N–H and O–H groups in total. The monoisotopic (exact) mass is 634 g/mol. The molecule has 3 fully saturated rings. The predicted octanol–water partition coefficient (Wildman–Crippen LogP) is 2.83. The van der Waals surface area contributed by atoms with Crippen molar-refractivity contribution in [2.24, 2.45) is 22.6 Å². The number of benzene rings is 2. The van der Waals surface area contributed by atoms with E-state index in [9.17, 15) is 19.2 Å². The molecule has 1 unspecified atom stereocenters. The second-order valence-electron chi connectivity index (χ2n) is 13.0. The van der Waals surface area contributed by atoms with Crippen LogP contribution < -0.4 is 21.7 Å². The Kier molecular flexibility index (Phi) is 8.50. The molecule has 4 heterocycles. The Labute approximate surface area is 272 Å². The van der Waals surface area contributed by atoms with E-state index in [-0.39, 0.29) is 30.0 Å². The van der Waals surface area contributed by atoms with Gasteiger partial charge in [0.05, 0.1) is 40.1 Å². The Hall–Kier alpha value is -4.97. The van der Waals surface area contributed by atoms with Gasteiger partial charge in [-0.15, -0.1) is 0 Å². The van der Waals surface area contributed by atoms with Crippen LogP contribution in [-0.2, 0) is 16.0 Å². The highest BCUT2D eigenvalue weighted by molar-refractivity contribution is 6.23. The highest BCUT2D eigenvalue weighted by atomic mass is 16.2. The molecule has 2 saturated heterocycles. The van der Waals surface area contributed by atoms with Gasteiger partial charge in [0.25, 0.3) is 11.8 Å². The predicted molar refractivity (Wildman–Crippen MR) is 178 cm³/mol. The van der Waals surface area contributed by atoms with Crippen molar-refractivity contribution < 1.29 is 19.2 Å². The zero-order chi connectivity index (χ0) is 32.5. The molecule has 1 atom stereocenters. The van der Waals surface area contributed by atoms with Crippen molar-refractivity contribution in [3.63, 3.8) is 0 Å². The highest BCUT2D eigenvalue weighted by Crippen LogP contribution is 2.34. The van der Waals surface area contributed by atoms with Gasteiger partial charge in [0.1, 0.15) is 6.04 Å². The maximum atomic E-state index is 13.1. The molecule has 47 heavy (non-hydrogen) atoms. The van der Waals surface area contributed by atoms with Gasteiger partial charge in [-0.2, -0.15) is 0 Å². The fourth-order valence-electron chi connectivity index (χ4n) is 6.79. The molecule has 0 bridgehead atoms. The summed E-state index contributed by atoms with van der Waals surface area (Å²) < 4.78 is 0. The van der Waals surface area contributed by atoms with Crippen molar-refractivity contribution in [2.75, 3.05) is 25.0 Å². The fraction of sp³-hybridized carbons (Fsp3) is 0.400. The number of nitrogens with two attached hydrogens (primary N) is 1. The van der Waals surface area contributed by atoms with Gasteiger partial charge in [-0.3, -0.25) is 39.4 Å². The molecule has 3 aliphatic heterocycles. The van der Waals surface area contributed by atoms with Crippen LogP contribution in [-0.4, -0.2) is 76.4 Å². The fourth-order valence-corrected chi connectivity index (χ4v) is 6.79. The molecular formula is C35H38N8O4. The van der Waals surface area contributed by atoms with Crippen LogP contribution in [0.2, 0.25) is 0 Å². The van der Waals surface area contributed by atoms with Gasteiger partial charge in [0, 0.05) is 36.6 Å². The molecular weight excluding hydrogens is 596 g/mol. The number of amides is 4. The zero-order valence-electron chi connectivity index (χ0n) is 26.1. The lowest BCUT2D eigenvalue weighted by Gasteiger charge is -2.32. The number of nitrogens with zero attached hydrogens (tertiary/aromatic N) is 4. The van der Waals surface area contributed by atoms with Crippen molar-refractivity contribution in [1.29, 1.82) is 0 Å². The van der Waals surface area contributed by atoms with Gasteiger partial charge in [-0.05, 0) is 99.3 Å². The number of carbonyl (C=O) groups is 4. The highest BCUT2D eigenvalue weighted by Gasteiger charge is 2.44. The maximum absolute atomic E-state index is 13.1.